The molecule has 0 heterocycles. The fourth-order valence-electron chi connectivity index (χ4n) is 1.96. The van der Waals surface area contributed by atoms with Gasteiger partial charge in [0, 0.05) is 5.56 Å². The third-order valence-electron chi connectivity index (χ3n) is 3.03. The zero-order chi connectivity index (χ0) is 16.1. The van der Waals surface area contributed by atoms with E-state index >= 15 is 0 Å². The first-order valence-electron chi connectivity index (χ1n) is 6.35. The Balaban J connectivity index is 2.29. The van der Waals surface area contributed by atoms with E-state index in [-0.39, 0.29) is 0 Å². The van der Waals surface area contributed by atoms with E-state index in [0.717, 1.165) is 18.2 Å². The molecule has 0 bridgehead atoms. The number of carbonyl (C=O) groups excluding carboxylic acids is 1. The van der Waals surface area contributed by atoms with Gasteiger partial charge in [0.25, 0.3) is 5.91 Å². The summed E-state index contributed by atoms with van der Waals surface area (Å²) >= 11 is 0. The van der Waals surface area contributed by atoms with Crippen LogP contribution in [0.15, 0.2) is 42.5 Å². The van der Waals surface area contributed by atoms with E-state index in [1.807, 2.05) is 6.07 Å². The van der Waals surface area contributed by atoms with Gasteiger partial charge in [0.2, 0.25) is 0 Å². The molecule has 1 amide bonds. The monoisotopic (exact) mass is 302 g/mol. The maximum absolute atomic E-state index is 13.6. The molecule has 112 valence electrons. The summed E-state index contributed by atoms with van der Waals surface area (Å²) in [7, 11) is 1.43. The van der Waals surface area contributed by atoms with Gasteiger partial charge in [0.05, 0.1) is 18.7 Å². The number of nitrogens with zero attached hydrogens (tertiary/aromatic N) is 1. The largest absolute Gasteiger partial charge is 0.496 e. The lowest BCUT2D eigenvalue weighted by molar-refractivity contribution is 0.0940. The SMILES string of the molecule is COc1ccccc1[C@@H](C#N)NC(=O)c1cc(F)ccc1F. The van der Waals surface area contributed by atoms with Crippen LogP contribution < -0.4 is 10.1 Å². The van der Waals surface area contributed by atoms with E-state index in [0.29, 0.717) is 11.3 Å². The number of nitriles is 1. The van der Waals surface area contributed by atoms with Gasteiger partial charge in [0.15, 0.2) is 0 Å². The summed E-state index contributed by atoms with van der Waals surface area (Å²) in [4.78, 5) is 12.1. The Labute approximate surface area is 125 Å². The first-order valence-corrected chi connectivity index (χ1v) is 6.35. The summed E-state index contributed by atoms with van der Waals surface area (Å²) in [6.45, 7) is 0. The third-order valence-corrected chi connectivity index (χ3v) is 3.03. The van der Waals surface area contributed by atoms with E-state index < -0.39 is 29.1 Å². The number of para-hydroxylation sites is 1. The summed E-state index contributed by atoms with van der Waals surface area (Å²) in [5.74, 6) is -2.07. The molecule has 0 radical (unpaired) electrons. The highest BCUT2D eigenvalue weighted by atomic mass is 19.1. The molecular formula is C16H12F2N2O2. The summed E-state index contributed by atoms with van der Waals surface area (Å²) in [5, 5.41) is 11.6. The van der Waals surface area contributed by atoms with Crippen LogP contribution >= 0.6 is 0 Å². The molecule has 0 fully saturated rings. The van der Waals surface area contributed by atoms with Crippen LogP contribution in [0, 0.1) is 23.0 Å². The van der Waals surface area contributed by atoms with Crippen molar-refractivity contribution in [1.82, 2.24) is 5.32 Å². The minimum absolute atomic E-state index is 0.411. The maximum atomic E-state index is 13.6. The van der Waals surface area contributed by atoms with Crippen LogP contribution in [0.4, 0.5) is 8.78 Å². The highest BCUT2D eigenvalue weighted by Gasteiger charge is 2.20. The molecule has 0 spiro atoms. The summed E-state index contributed by atoms with van der Waals surface area (Å²) < 4.78 is 31.8. The maximum Gasteiger partial charge on any atom is 0.255 e. The van der Waals surface area contributed by atoms with Crippen molar-refractivity contribution in [3.05, 3.63) is 65.2 Å². The van der Waals surface area contributed by atoms with Gasteiger partial charge in [-0.3, -0.25) is 4.79 Å². The summed E-state index contributed by atoms with van der Waals surface area (Å²) in [6, 6.07) is 10.0. The summed E-state index contributed by atoms with van der Waals surface area (Å²) in [6.07, 6.45) is 0. The zero-order valence-electron chi connectivity index (χ0n) is 11.6. The van der Waals surface area contributed by atoms with E-state index in [1.54, 1.807) is 24.3 Å². The lowest BCUT2D eigenvalue weighted by atomic mass is 10.1. The van der Waals surface area contributed by atoms with Gasteiger partial charge in [-0.15, -0.1) is 0 Å². The molecule has 0 saturated heterocycles. The molecule has 0 aliphatic rings. The van der Waals surface area contributed by atoms with Crippen LogP contribution in [0.1, 0.15) is 22.0 Å². The fraction of sp³-hybridized carbons (Fsp3) is 0.125. The van der Waals surface area contributed by atoms with Crippen molar-refractivity contribution in [3.63, 3.8) is 0 Å². The molecular weight excluding hydrogens is 290 g/mol. The second kappa shape index (κ2) is 6.68. The Morgan fingerprint density at radius 2 is 2.00 bits per heavy atom. The van der Waals surface area contributed by atoms with Crippen molar-refractivity contribution in [3.8, 4) is 11.8 Å². The van der Waals surface area contributed by atoms with Crippen LogP contribution in [0.25, 0.3) is 0 Å². The van der Waals surface area contributed by atoms with Gasteiger partial charge in [-0.25, -0.2) is 8.78 Å². The number of carbonyl (C=O) groups is 1. The topological polar surface area (TPSA) is 62.1 Å². The number of amides is 1. The Bertz CT molecular complexity index is 741. The quantitative estimate of drug-likeness (QED) is 0.944. The lowest BCUT2D eigenvalue weighted by Crippen LogP contribution is -2.28. The van der Waals surface area contributed by atoms with Gasteiger partial charge in [-0.1, -0.05) is 18.2 Å². The first kappa shape index (κ1) is 15.4. The zero-order valence-corrected chi connectivity index (χ0v) is 11.6. The predicted molar refractivity (Wildman–Crippen MR) is 75.2 cm³/mol. The molecule has 2 aromatic rings. The van der Waals surface area contributed by atoms with Gasteiger partial charge in [0.1, 0.15) is 23.4 Å². The van der Waals surface area contributed by atoms with Gasteiger partial charge in [-0.2, -0.15) is 5.26 Å². The smallest absolute Gasteiger partial charge is 0.255 e. The highest BCUT2D eigenvalue weighted by molar-refractivity contribution is 5.95. The molecule has 2 rings (SSSR count). The normalized spacial score (nSPS) is 11.4. The fourth-order valence-corrected chi connectivity index (χ4v) is 1.96. The Morgan fingerprint density at radius 1 is 1.27 bits per heavy atom. The number of halogens is 2. The lowest BCUT2D eigenvalue weighted by Gasteiger charge is -2.15. The molecule has 22 heavy (non-hydrogen) atoms. The number of hydrogen-bond acceptors (Lipinski definition) is 3. The van der Waals surface area contributed by atoms with Crippen LogP contribution in [0.5, 0.6) is 5.75 Å². The Morgan fingerprint density at radius 3 is 2.68 bits per heavy atom. The van der Waals surface area contributed by atoms with Crippen molar-refractivity contribution in [2.45, 2.75) is 6.04 Å². The molecule has 0 saturated carbocycles. The second-order valence-corrected chi connectivity index (χ2v) is 4.40. The predicted octanol–water partition coefficient (Wildman–Crippen LogP) is 2.97. The highest BCUT2D eigenvalue weighted by Crippen LogP contribution is 2.24. The van der Waals surface area contributed by atoms with Gasteiger partial charge < -0.3 is 10.1 Å². The Kier molecular flexibility index (Phi) is 4.69. The van der Waals surface area contributed by atoms with Crippen LogP contribution in [-0.2, 0) is 0 Å². The van der Waals surface area contributed by atoms with Crippen molar-refractivity contribution in [1.29, 1.82) is 5.26 Å². The number of ether oxygens (including phenoxy) is 1. The molecule has 0 aliphatic heterocycles. The molecule has 2 aromatic carbocycles. The average Bonchev–Trinajstić information content (AvgIpc) is 2.54. The number of benzene rings is 2. The summed E-state index contributed by atoms with van der Waals surface area (Å²) in [5.41, 5.74) is -0.0344. The number of nitrogens with one attached hydrogen (secondary N) is 1. The molecule has 0 aliphatic carbocycles. The van der Waals surface area contributed by atoms with Gasteiger partial charge in [-0.05, 0) is 24.3 Å². The van der Waals surface area contributed by atoms with E-state index in [2.05, 4.69) is 5.32 Å². The molecule has 1 atom stereocenters. The molecule has 4 nitrogen and oxygen atoms in total. The molecule has 0 aromatic heterocycles. The van der Waals surface area contributed by atoms with E-state index in [4.69, 9.17) is 4.74 Å². The van der Waals surface area contributed by atoms with E-state index in [9.17, 15) is 18.8 Å². The standard InChI is InChI=1S/C16H12F2N2O2/c1-22-15-5-3-2-4-11(15)14(9-19)20-16(21)12-8-10(17)6-7-13(12)18/h2-8,14H,1H3,(H,20,21)/t14-/m1/s1. The number of methoxy groups -OCH3 is 1. The average molecular weight is 302 g/mol. The van der Waals surface area contributed by atoms with Crippen LogP contribution in [0.3, 0.4) is 0 Å². The van der Waals surface area contributed by atoms with E-state index in [1.165, 1.54) is 7.11 Å². The first-order chi connectivity index (χ1) is 10.6. The van der Waals surface area contributed by atoms with Crippen molar-refractivity contribution in [2.24, 2.45) is 0 Å². The Hall–Kier alpha value is -2.94. The third kappa shape index (κ3) is 3.20. The van der Waals surface area contributed by atoms with Crippen molar-refractivity contribution < 1.29 is 18.3 Å². The minimum Gasteiger partial charge on any atom is -0.496 e. The second-order valence-electron chi connectivity index (χ2n) is 4.40. The van der Waals surface area contributed by atoms with Crippen LogP contribution in [-0.4, -0.2) is 13.0 Å². The minimum atomic E-state index is -1.05. The number of rotatable bonds is 4. The number of hydrogen-bond donors (Lipinski definition) is 1. The molecule has 6 heteroatoms. The molecule has 0 unspecified atom stereocenters. The molecule has 1 N–H and O–H groups in total. The van der Waals surface area contributed by atoms with Crippen molar-refractivity contribution >= 4 is 5.91 Å². The van der Waals surface area contributed by atoms with Crippen molar-refractivity contribution in [2.75, 3.05) is 7.11 Å². The van der Waals surface area contributed by atoms with Crippen LogP contribution in [0.2, 0.25) is 0 Å². The van der Waals surface area contributed by atoms with Gasteiger partial charge >= 0.3 is 0 Å².